The van der Waals surface area contributed by atoms with Crippen LogP contribution in [0.1, 0.15) is 16.7 Å². The molecule has 1 aliphatic heterocycles. The molecule has 0 saturated carbocycles. The number of anilines is 4. The molecule has 5 rings (SSSR count). The first-order chi connectivity index (χ1) is 14.8. The van der Waals surface area contributed by atoms with Crippen molar-refractivity contribution in [3.8, 4) is 0 Å². The maximum absolute atomic E-state index is 4.84. The quantitative estimate of drug-likeness (QED) is 0.292. The SMILES string of the molecule is CN1c2ccccc2Cc2cc(C=NN(c3ccccc3)c3ccccc3)ccc21. The Hall–Kier alpha value is -3.85. The normalized spacial score (nSPS) is 12.5. The molecule has 0 amide bonds. The highest BCUT2D eigenvalue weighted by atomic mass is 15.5. The third kappa shape index (κ3) is 3.46. The van der Waals surface area contributed by atoms with Gasteiger partial charge in [0.05, 0.1) is 17.6 Å². The number of benzene rings is 4. The summed E-state index contributed by atoms with van der Waals surface area (Å²) in [7, 11) is 2.14. The summed E-state index contributed by atoms with van der Waals surface area (Å²) in [6.07, 6.45) is 2.89. The van der Waals surface area contributed by atoms with Crippen LogP contribution in [0.2, 0.25) is 0 Å². The smallest absolute Gasteiger partial charge is 0.0652 e. The van der Waals surface area contributed by atoms with Gasteiger partial charge in [-0.05, 0) is 59.2 Å². The summed E-state index contributed by atoms with van der Waals surface area (Å²) in [5.41, 5.74) is 8.39. The van der Waals surface area contributed by atoms with Crippen molar-refractivity contribution in [2.45, 2.75) is 6.42 Å². The van der Waals surface area contributed by atoms with Crippen molar-refractivity contribution in [1.29, 1.82) is 0 Å². The van der Waals surface area contributed by atoms with Gasteiger partial charge in [0.2, 0.25) is 0 Å². The van der Waals surface area contributed by atoms with Crippen LogP contribution < -0.4 is 9.91 Å². The van der Waals surface area contributed by atoms with Gasteiger partial charge < -0.3 is 4.90 Å². The summed E-state index contributed by atoms with van der Waals surface area (Å²) in [4.78, 5) is 2.27. The molecule has 0 atom stereocenters. The van der Waals surface area contributed by atoms with Gasteiger partial charge in [-0.1, -0.05) is 60.7 Å². The zero-order chi connectivity index (χ0) is 20.3. The first kappa shape index (κ1) is 18.2. The minimum Gasteiger partial charge on any atom is -0.344 e. The van der Waals surface area contributed by atoms with Gasteiger partial charge in [0.1, 0.15) is 0 Å². The van der Waals surface area contributed by atoms with E-state index >= 15 is 0 Å². The van der Waals surface area contributed by atoms with Crippen LogP contribution in [0.25, 0.3) is 0 Å². The Balaban J connectivity index is 1.48. The highest BCUT2D eigenvalue weighted by molar-refractivity contribution is 5.85. The molecule has 0 spiro atoms. The predicted molar refractivity (Wildman–Crippen MR) is 126 cm³/mol. The molecular weight excluding hydrogens is 366 g/mol. The molecule has 0 aliphatic carbocycles. The van der Waals surface area contributed by atoms with Gasteiger partial charge in [-0.25, -0.2) is 5.01 Å². The number of rotatable bonds is 4. The van der Waals surface area contributed by atoms with E-state index in [0.717, 1.165) is 23.4 Å². The Bertz CT molecular complexity index is 1140. The van der Waals surface area contributed by atoms with Gasteiger partial charge in [0.25, 0.3) is 0 Å². The highest BCUT2D eigenvalue weighted by Crippen LogP contribution is 2.37. The van der Waals surface area contributed by atoms with E-state index in [-0.39, 0.29) is 0 Å². The van der Waals surface area contributed by atoms with Gasteiger partial charge in [0, 0.05) is 24.8 Å². The Morgan fingerprint density at radius 1 is 0.700 bits per heavy atom. The lowest BCUT2D eigenvalue weighted by Gasteiger charge is -2.30. The number of fused-ring (bicyclic) bond motifs is 2. The van der Waals surface area contributed by atoms with Crippen LogP contribution in [-0.2, 0) is 6.42 Å². The number of nitrogens with zero attached hydrogens (tertiary/aromatic N) is 3. The fourth-order valence-electron chi connectivity index (χ4n) is 4.02. The van der Waals surface area contributed by atoms with E-state index in [1.165, 1.54) is 22.5 Å². The van der Waals surface area contributed by atoms with E-state index in [1.54, 1.807) is 0 Å². The van der Waals surface area contributed by atoms with Crippen molar-refractivity contribution < 1.29 is 0 Å². The van der Waals surface area contributed by atoms with E-state index in [0.29, 0.717) is 0 Å². The molecule has 1 aliphatic rings. The van der Waals surface area contributed by atoms with Crippen molar-refractivity contribution in [2.75, 3.05) is 17.0 Å². The molecule has 0 fully saturated rings. The molecule has 4 aromatic rings. The van der Waals surface area contributed by atoms with Crippen molar-refractivity contribution in [3.05, 3.63) is 120 Å². The third-order valence-corrected chi connectivity index (χ3v) is 5.52. The van der Waals surface area contributed by atoms with Crippen LogP contribution in [0.3, 0.4) is 0 Å². The zero-order valence-corrected chi connectivity index (χ0v) is 16.9. The maximum atomic E-state index is 4.84. The van der Waals surface area contributed by atoms with E-state index in [2.05, 4.69) is 78.7 Å². The second kappa shape index (κ2) is 7.88. The Kier molecular flexibility index (Phi) is 4.78. The summed E-state index contributed by atoms with van der Waals surface area (Å²) in [6.45, 7) is 0. The minimum absolute atomic E-state index is 0.943. The minimum atomic E-state index is 0.943. The molecule has 3 nitrogen and oxygen atoms in total. The summed E-state index contributed by atoms with van der Waals surface area (Å²) in [5.74, 6) is 0. The van der Waals surface area contributed by atoms with Gasteiger partial charge >= 0.3 is 0 Å². The van der Waals surface area contributed by atoms with Crippen LogP contribution in [-0.4, -0.2) is 13.3 Å². The topological polar surface area (TPSA) is 18.8 Å². The van der Waals surface area contributed by atoms with E-state index < -0.39 is 0 Å². The van der Waals surface area contributed by atoms with Crippen LogP contribution >= 0.6 is 0 Å². The first-order valence-electron chi connectivity index (χ1n) is 10.2. The predicted octanol–water partition coefficient (Wildman–Crippen LogP) is 6.53. The van der Waals surface area contributed by atoms with Gasteiger partial charge in [-0.2, -0.15) is 5.10 Å². The first-order valence-corrected chi connectivity index (χ1v) is 10.2. The fraction of sp³-hybridized carbons (Fsp3) is 0.0741. The molecule has 0 unspecified atom stereocenters. The van der Waals surface area contributed by atoms with Crippen LogP contribution in [0.4, 0.5) is 22.7 Å². The molecule has 0 N–H and O–H groups in total. The number of hydrazone groups is 1. The molecular formula is C27H23N3. The molecule has 3 heteroatoms. The number of hydrogen-bond acceptors (Lipinski definition) is 3. The van der Waals surface area contributed by atoms with Crippen molar-refractivity contribution in [3.63, 3.8) is 0 Å². The van der Waals surface area contributed by atoms with Gasteiger partial charge in [-0.3, -0.25) is 0 Å². The van der Waals surface area contributed by atoms with Crippen molar-refractivity contribution in [1.82, 2.24) is 0 Å². The lowest BCUT2D eigenvalue weighted by Crippen LogP contribution is -2.18. The highest BCUT2D eigenvalue weighted by Gasteiger charge is 2.19. The van der Waals surface area contributed by atoms with Crippen LogP contribution in [0, 0.1) is 0 Å². The molecule has 0 saturated heterocycles. The van der Waals surface area contributed by atoms with E-state index in [4.69, 9.17) is 5.10 Å². The summed E-state index contributed by atoms with van der Waals surface area (Å²) in [5, 5.41) is 6.81. The Morgan fingerprint density at radius 3 is 2.00 bits per heavy atom. The van der Waals surface area contributed by atoms with Gasteiger partial charge in [-0.15, -0.1) is 0 Å². The van der Waals surface area contributed by atoms with Crippen molar-refractivity contribution >= 4 is 29.0 Å². The lowest BCUT2D eigenvalue weighted by atomic mass is 9.95. The second-order valence-electron chi connectivity index (χ2n) is 7.48. The number of hydrogen-bond donors (Lipinski definition) is 0. The van der Waals surface area contributed by atoms with Crippen molar-refractivity contribution in [2.24, 2.45) is 5.10 Å². The monoisotopic (exact) mass is 389 g/mol. The molecule has 1 heterocycles. The van der Waals surface area contributed by atoms with E-state index in [1.807, 2.05) is 47.6 Å². The summed E-state index contributed by atoms with van der Waals surface area (Å²) < 4.78 is 0. The second-order valence-corrected chi connectivity index (χ2v) is 7.48. The molecule has 146 valence electrons. The lowest BCUT2D eigenvalue weighted by molar-refractivity contribution is 1.05. The van der Waals surface area contributed by atoms with E-state index in [9.17, 15) is 0 Å². The molecule has 30 heavy (non-hydrogen) atoms. The Morgan fingerprint density at radius 2 is 1.30 bits per heavy atom. The summed E-state index contributed by atoms with van der Waals surface area (Å²) in [6, 6.07) is 35.7. The number of para-hydroxylation sites is 3. The summed E-state index contributed by atoms with van der Waals surface area (Å²) >= 11 is 0. The average molecular weight is 390 g/mol. The van der Waals surface area contributed by atoms with Gasteiger partial charge in [0.15, 0.2) is 0 Å². The average Bonchev–Trinajstić information content (AvgIpc) is 2.81. The third-order valence-electron chi connectivity index (χ3n) is 5.52. The molecule has 4 aromatic carbocycles. The molecule has 0 aromatic heterocycles. The molecule has 0 bridgehead atoms. The van der Waals surface area contributed by atoms with Crippen LogP contribution in [0.15, 0.2) is 108 Å². The Labute approximate surface area is 177 Å². The zero-order valence-electron chi connectivity index (χ0n) is 16.9. The van der Waals surface area contributed by atoms with Crippen LogP contribution in [0.5, 0.6) is 0 Å². The fourth-order valence-corrected chi connectivity index (χ4v) is 4.02. The largest absolute Gasteiger partial charge is 0.344 e. The standard InChI is InChI=1S/C27H23N3/c1-29-26-15-9-8-10-22(26)19-23-18-21(16-17-27(23)29)20-28-30(24-11-4-2-5-12-24)25-13-6-3-7-14-25/h2-18,20H,19H2,1H3. The molecule has 0 radical (unpaired) electrons. The maximum Gasteiger partial charge on any atom is 0.0652 e.